The molecule has 1 saturated heterocycles. The number of halogens is 3. The van der Waals surface area contributed by atoms with Crippen molar-refractivity contribution < 1.29 is 36.9 Å². The van der Waals surface area contributed by atoms with Gasteiger partial charge in [0.25, 0.3) is 0 Å². The van der Waals surface area contributed by atoms with E-state index in [1.54, 1.807) is 43.3 Å². The molecule has 290 valence electrons. The van der Waals surface area contributed by atoms with E-state index >= 15 is 0 Å². The second-order valence-corrected chi connectivity index (χ2v) is 13.4. The molecule has 2 aromatic carbocycles. The number of ether oxygens (including phenoxy) is 5. The Labute approximate surface area is 310 Å². The Balaban J connectivity index is 0.000000927. The van der Waals surface area contributed by atoms with Gasteiger partial charge in [0.2, 0.25) is 0 Å². The van der Waals surface area contributed by atoms with Crippen LogP contribution in [0.2, 0.25) is 0 Å². The Kier molecular flexibility index (Phi) is 20.1. The van der Waals surface area contributed by atoms with Gasteiger partial charge in [0, 0.05) is 29.1 Å². The molecule has 1 fully saturated rings. The number of alkyl halides is 3. The third-order valence-corrected chi connectivity index (χ3v) is 8.80. The Morgan fingerprint density at radius 2 is 1.56 bits per heavy atom. The summed E-state index contributed by atoms with van der Waals surface area (Å²) in [6.45, 7) is 7.01. The molecule has 1 aliphatic rings. The molecule has 0 unspecified atom stereocenters. The molecule has 1 aromatic heterocycles. The number of nitrogen functional groups attached to an aromatic ring is 1. The fourth-order valence-corrected chi connectivity index (χ4v) is 6.04. The number of nitrogens with one attached hydrogen (secondary N) is 1. The van der Waals surface area contributed by atoms with Crippen molar-refractivity contribution in [3.63, 3.8) is 0 Å². The SMILES string of the molecule is CN1CCCCC1.COc1cc(SN(C)CCOCCOCCOCCOCCN)ccc1NCC#Cc1cc2c(N)cccc2n1CC(F)(F)F. The lowest BCUT2D eigenvalue weighted by Gasteiger charge is -2.20. The number of nitrogens with zero attached hydrogens (tertiary/aromatic N) is 3. The lowest BCUT2D eigenvalue weighted by molar-refractivity contribution is -0.140. The van der Waals surface area contributed by atoms with Crippen molar-refractivity contribution in [1.82, 2.24) is 13.8 Å². The molecule has 0 atom stereocenters. The highest BCUT2D eigenvalue weighted by Gasteiger charge is 2.29. The highest BCUT2D eigenvalue weighted by atomic mass is 32.2. The number of likely N-dealkylation sites (N-methyl/N-ethyl adjacent to an activating group) is 1. The second kappa shape index (κ2) is 24.2. The van der Waals surface area contributed by atoms with Gasteiger partial charge >= 0.3 is 6.18 Å². The summed E-state index contributed by atoms with van der Waals surface area (Å²) in [6.07, 6.45) is -0.122. The van der Waals surface area contributed by atoms with Crippen molar-refractivity contribution in [1.29, 1.82) is 0 Å². The molecule has 0 amide bonds. The highest BCUT2D eigenvalue weighted by Crippen LogP contribution is 2.32. The maximum absolute atomic E-state index is 13.3. The van der Waals surface area contributed by atoms with E-state index in [4.69, 9.17) is 35.2 Å². The molecule has 15 heteroatoms. The Morgan fingerprint density at radius 1 is 0.904 bits per heavy atom. The number of nitrogens with two attached hydrogens (primary N) is 2. The summed E-state index contributed by atoms with van der Waals surface area (Å²) in [7, 11) is 5.74. The first-order valence-corrected chi connectivity index (χ1v) is 18.3. The molecule has 0 radical (unpaired) electrons. The number of hydrogen-bond acceptors (Lipinski definition) is 11. The number of piperidine rings is 1. The fourth-order valence-electron chi connectivity index (χ4n) is 5.23. The first-order chi connectivity index (χ1) is 25.1. The molecule has 0 saturated carbocycles. The minimum absolute atomic E-state index is 0.198. The lowest BCUT2D eigenvalue weighted by Crippen LogP contribution is -2.24. The lowest BCUT2D eigenvalue weighted by atomic mass is 10.1. The third-order valence-electron chi connectivity index (χ3n) is 7.84. The quantitative estimate of drug-likeness (QED) is 0.0602. The topological polar surface area (TPSA) is 122 Å². The molecule has 4 rings (SSSR count). The summed E-state index contributed by atoms with van der Waals surface area (Å²) in [5.41, 5.74) is 13.1. The van der Waals surface area contributed by atoms with Crippen LogP contribution in [0.4, 0.5) is 24.5 Å². The summed E-state index contributed by atoms with van der Waals surface area (Å²) >= 11 is 1.55. The second-order valence-electron chi connectivity index (χ2n) is 12.1. The Morgan fingerprint density at radius 3 is 2.15 bits per heavy atom. The van der Waals surface area contributed by atoms with Gasteiger partial charge in [-0.15, -0.1) is 0 Å². The van der Waals surface area contributed by atoms with Crippen molar-refractivity contribution in [2.75, 3.05) is 118 Å². The van der Waals surface area contributed by atoms with Gasteiger partial charge in [-0.3, -0.25) is 0 Å². The van der Waals surface area contributed by atoms with Gasteiger partial charge in [-0.1, -0.05) is 18.4 Å². The molecule has 0 aliphatic carbocycles. The van der Waals surface area contributed by atoms with Gasteiger partial charge in [-0.25, -0.2) is 4.31 Å². The molecular weight excluding hydrogens is 698 g/mol. The van der Waals surface area contributed by atoms with E-state index in [0.29, 0.717) is 94.0 Å². The van der Waals surface area contributed by atoms with Crippen molar-refractivity contribution in [2.45, 2.75) is 36.9 Å². The van der Waals surface area contributed by atoms with Gasteiger partial charge < -0.3 is 49.9 Å². The standard InChI is InChI=1S/C31H42F3N5O5S.C6H13N/c1-38(12-14-42-16-18-44-20-19-43-17-15-41-13-10-35)45-25-8-9-28(30(22-25)40-2)37-11-4-5-24-21-26-27(36)6-3-7-29(26)39(24)23-31(32,33)34;1-7-5-3-2-4-6-7/h3,6-9,21-22,37H,10-20,23,35-36H2,1-2H3;2-6H2,1H3. The first-order valence-electron chi connectivity index (χ1n) is 17.5. The van der Waals surface area contributed by atoms with Crippen LogP contribution < -0.4 is 21.5 Å². The molecule has 5 N–H and O–H groups in total. The number of fused-ring (bicyclic) bond motifs is 1. The summed E-state index contributed by atoms with van der Waals surface area (Å²) in [5, 5.41) is 3.72. The predicted molar refractivity (Wildman–Crippen MR) is 203 cm³/mol. The van der Waals surface area contributed by atoms with Crippen LogP contribution in [0.5, 0.6) is 5.75 Å². The number of hydrogen-bond donors (Lipinski definition) is 3. The molecule has 1 aliphatic heterocycles. The maximum Gasteiger partial charge on any atom is 0.406 e. The maximum atomic E-state index is 13.3. The minimum atomic E-state index is -4.40. The molecular formula is C37H55F3N6O5S. The number of benzene rings is 2. The summed E-state index contributed by atoms with van der Waals surface area (Å²) in [5.74, 6) is 6.40. The van der Waals surface area contributed by atoms with Crippen LogP contribution in [-0.4, -0.2) is 127 Å². The zero-order valence-corrected chi connectivity index (χ0v) is 31.5. The van der Waals surface area contributed by atoms with E-state index in [1.807, 2.05) is 25.2 Å². The molecule has 2 heterocycles. The van der Waals surface area contributed by atoms with E-state index in [0.717, 1.165) is 9.46 Å². The van der Waals surface area contributed by atoms with Gasteiger partial charge in [0.1, 0.15) is 12.3 Å². The van der Waals surface area contributed by atoms with E-state index in [-0.39, 0.29) is 12.2 Å². The molecule has 0 bridgehead atoms. The van der Waals surface area contributed by atoms with Crippen LogP contribution in [-0.2, 0) is 25.5 Å². The highest BCUT2D eigenvalue weighted by molar-refractivity contribution is 7.97. The average Bonchev–Trinajstić information content (AvgIpc) is 3.46. The third kappa shape index (κ3) is 16.6. The monoisotopic (exact) mass is 752 g/mol. The molecule has 11 nitrogen and oxygen atoms in total. The normalized spacial score (nSPS) is 13.5. The zero-order valence-electron chi connectivity index (χ0n) is 30.6. The van der Waals surface area contributed by atoms with Crippen LogP contribution in [0, 0.1) is 11.8 Å². The number of likely N-dealkylation sites (tertiary alicyclic amines) is 1. The average molecular weight is 753 g/mol. The van der Waals surface area contributed by atoms with Crippen LogP contribution in [0.1, 0.15) is 25.0 Å². The van der Waals surface area contributed by atoms with Gasteiger partial charge in [0.05, 0.1) is 83.4 Å². The Bertz CT molecular complexity index is 1510. The Hall–Kier alpha value is -3.20. The van der Waals surface area contributed by atoms with Crippen molar-refractivity contribution in [3.05, 3.63) is 48.2 Å². The smallest absolute Gasteiger partial charge is 0.406 e. The van der Waals surface area contributed by atoms with Gasteiger partial charge in [-0.2, -0.15) is 13.2 Å². The van der Waals surface area contributed by atoms with E-state index in [9.17, 15) is 13.2 Å². The van der Waals surface area contributed by atoms with Crippen molar-refractivity contribution in [2.24, 2.45) is 5.73 Å². The van der Waals surface area contributed by atoms with E-state index in [2.05, 4.69) is 33.4 Å². The van der Waals surface area contributed by atoms with E-state index in [1.165, 1.54) is 32.4 Å². The van der Waals surface area contributed by atoms with E-state index < -0.39 is 12.7 Å². The zero-order chi connectivity index (χ0) is 37.6. The van der Waals surface area contributed by atoms with Crippen LogP contribution >= 0.6 is 11.9 Å². The molecule has 3 aromatic rings. The summed E-state index contributed by atoms with van der Waals surface area (Å²) < 4.78 is 70.3. The van der Waals surface area contributed by atoms with Crippen LogP contribution in [0.15, 0.2) is 47.4 Å². The number of rotatable bonds is 20. The number of anilines is 2. The van der Waals surface area contributed by atoms with Crippen LogP contribution in [0.25, 0.3) is 10.9 Å². The largest absolute Gasteiger partial charge is 0.495 e. The molecule has 52 heavy (non-hydrogen) atoms. The van der Waals surface area contributed by atoms with Gasteiger partial charge in [-0.05, 0) is 94.3 Å². The summed E-state index contributed by atoms with van der Waals surface area (Å²) in [6, 6.07) is 12.2. The predicted octanol–water partition coefficient (Wildman–Crippen LogP) is 5.32. The van der Waals surface area contributed by atoms with Gasteiger partial charge in [0.15, 0.2) is 0 Å². The first kappa shape index (κ1) is 43.2. The number of aromatic nitrogens is 1. The summed E-state index contributed by atoms with van der Waals surface area (Å²) in [4.78, 5) is 3.36. The fraction of sp³-hybridized carbons (Fsp3) is 0.568. The van der Waals surface area contributed by atoms with Crippen molar-refractivity contribution >= 4 is 34.2 Å². The number of methoxy groups -OCH3 is 1. The minimum Gasteiger partial charge on any atom is -0.495 e. The molecule has 0 spiro atoms. The van der Waals surface area contributed by atoms with Crippen LogP contribution in [0.3, 0.4) is 0 Å². The van der Waals surface area contributed by atoms with Crippen molar-refractivity contribution in [3.8, 4) is 17.6 Å².